The van der Waals surface area contributed by atoms with Crippen molar-refractivity contribution in [1.29, 1.82) is 0 Å². The summed E-state index contributed by atoms with van der Waals surface area (Å²) in [4.78, 5) is 11.8. The molecule has 3 N–H and O–H groups in total. The van der Waals surface area contributed by atoms with Crippen LogP contribution < -0.4 is 10.5 Å². The molecule has 0 spiro atoms. The molecule has 0 unspecified atom stereocenters. The van der Waals surface area contributed by atoms with E-state index in [1.165, 1.54) is 35.1 Å². The van der Waals surface area contributed by atoms with Crippen LogP contribution in [0.3, 0.4) is 0 Å². The SMILES string of the molecule is CCn1ncc(C(=O)Oc2ccc(O)cc2)c1N. The first-order valence-corrected chi connectivity index (χ1v) is 5.44. The van der Waals surface area contributed by atoms with E-state index in [-0.39, 0.29) is 17.1 Å². The van der Waals surface area contributed by atoms with Gasteiger partial charge in [0.25, 0.3) is 0 Å². The normalized spacial score (nSPS) is 10.3. The summed E-state index contributed by atoms with van der Waals surface area (Å²) in [6, 6.07) is 5.85. The maximum atomic E-state index is 11.8. The molecule has 18 heavy (non-hydrogen) atoms. The summed E-state index contributed by atoms with van der Waals surface area (Å²) < 4.78 is 6.62. The number of nitrogens with zero attached hydrogens (tertiary/aromatic N) is 2. The van der Waals surface area contributed by atoms with Crippen LogP contribution in [0.4, 0.5) is 5.82 Å². The Labute approximate surface area is 104 Å². The molecule has 0 amide bonds. The van der Waals surface area contributed by atoms with E-state index in [0.29, 0.717) is 12.3 Å². The Kier molecular flexibility index (Phi) is 3.18. The molecular weight excluding hydrogens is 234 g/mol. The summed E-state index contributed by atoms with van der Waals surface area (Å²) in [5.41, 5.74) is 5.98. The van der Waals surface area contributed by atoms with E-state index in [1.54, 1.807) is 0 Å². The van der Waals surface area contributed by atoms with Crippen molar-refractivity contribution in [1.82, 2.24) is 9.78 Å². The molecule has 0 aliphatic rings. The van der Waals surface area contributed by atoms with Crippen molar-refractivity contribution in [2.45, 2.75) is 13.5 Å². The van der Waals surface area contributed by atoms with Crippen LogP contribution in [0.1, 0.15) is 17.3 Å². The minimum absolute atomic E-state index is 0.105. The maximum absolute atomic E-state index is 11.8. The predicted molar refractivity (Wildman–Crippen MR) is 65.4 cm³/mol. The van der Waals surface area contributed by atoms with Crippen LogP contribution in [0.25, 0.3) is 0 Å². The van der Waals surface area contributed by atoms with Crippen molar-refractivity contribution in [3.05, 3.63) is 36.0 Å². The Hall–Kier alpha value is -2.50. The first-order chi connectivity index (χ1) is 8.61. The molecule has 0 saturated heterocycles. The minimum Gasteiger partial charge on any atom is -0.508 e. The van der Waals surface area contributed by atoms with E-state index in [4.69, 9.17) is 15.6 Å². The number of phenolic OH excluding ortho intramolecular Hbond substituents is 1. The van der Waals surface area contributed by atoms with Crippen LogP contribution in [0.5, 0.6) is 11.5 Å². The van der Waals surface area contributed by atoms with Gasteiger partial charge in [0, 0.05) is 6.54 Å². The van der Waals surface area contributed by atoms with E-state index < -0.39 is 5.97 Å². The highest BCUT2D eigenvalue weighted by Gasteiger charge is 2.16. The molecule has 6 nitrogen and oxygen atoms in total. The Bertz CT molecular complexity index is 560. The number of esters is 1. The zero-order valence-electron chi connectivity index (χ0n) is 9.83. The van der Waals surface area contributed by atoms with Crippen molar-refractivity contribution in [3.63, 3.8) is 0 Å². The number of aromatic nitrogens is 2. The molecule has 0 atom stereocenters. The van der Waals surface area contributed by atoms with Gasteiger partial charge in [-0.15, -0.1) is 0 Å². The lowest BCUT2D eigenvalue weighted by Gasteiger charge is -2.04. The highest BCUT2D eigenvalue weighted by molar-refractivity contribution is 5.95. The largest absolute Gasteiger partial charge is 0.508 e. The molecule has 0 aliphatic carbocycles. The fourth-order valence-electron chi connectivity index (χ4n) is 1.48. The molecule has 0 saturated carbocycles. The Balaban J connectivity index is 2.16. The second-order valence-electron chi connectivity index (χ2n) is 3.64. The second kappa shape index (κ2) is 4.79. The number of carbonyl (C=O) groups excluding carboxylic acids is 1. The number of carbonyl (C=O) groups is 1. The Morgan fingerprint density at radius 1 is 1.44 bits per heavy atom. The van der Waals surface area contributed by atoms with E-state index in [1.807, 2.05) is 6.92 Å². The summed E-state index contributed by atoms with van der Waals surface area (Å²) in [7, 11) is 0. The van der Waals surface area contributed by atoms with Crippen LogP contribution >= 0.6 is 0 Å². The molecule has 2 aromatic rings. The zero-order valence-corrected chi connectivity index (χ0v) is 9.83. The number of anilines is 1. The molecule has 6 heteroatoms. The monoisotopic (exact) mass is 247 g/mol. The third kappa shape index (κ3) is 2.27. The molecule has 0 bridgehead atoms. The number of aromatic hydroxyl groups is 1. The van der Waals surface area contributed by atoms with Crippen LogP contribution in [-0.4, -0.2) is 20.9 Å². The van der Waals surface area contributed by atoms with Crippen LogP contribution in [-0.2, 0) is 6.54 Å². The number of rotatable bonds is 3. The Morgan fingerprint density at radius 2 is 2.11 bits per heavy atom. The average molecular weight is 247 g/mol. The van der Waals surface area contributed by atoms with Crippen molar-refractivity contribution < 1.29 is 14.6 Å². The van der Waals surface area contributed by atoms with Gasteiger partial charge >= 0.3 is 5.97 Å². The van der Waals surface area contributed by atoms with Crippen molar-refractivity contribution in [2.75, 3.05) is 5.73 Å². The van der Waals surface area contributed by atoms with Gasteiger partial charge in [0.05, 0.1) is 6.20 Å². The highest BCUT2D eigenvalue weighted by Crippen LogP contribution is 2.19. The van der Waals surface area contributed by atoms with E-state index >= 15 is 0 Å². The molecule has 0 fully saturated rings. The van der Waals surface area contributed by atoms with Crippen molar-refractivity contribution in [2.24, 2.45) is 0 Å². The first-order valence-electron chi connectivity index (χ1n) is 5.44. The minimum atomic E-state index is -0.571. The van der Waals surface area contributed by atoms with Gasteiger partial charge in [-0.1, -0.05) is 0 Å². The molecule has 1 aromatic heterocycles. The summed E-state index contributed by atoms with van der Waals surface area (Å²) in [6.45, 7) is 2.46. The fourth-order valence-corrected chi connectivity index (χ4v) is 1.48. The smallest absolute Gasteiger partial charge is 0.348 e. The summed E-state index contributed by atoms with van der Waals surface area (Å²) in [5.74, 6) is 0.147. The number of aryl methyl sites for hydroxylation is 1. The molecular formula is C12H13N3O3. The van der Waals surface area contributed by atoms with Gasteiger partial charge in [0.1, 0.15) is 22.9 Å². The first kappa shape index (κ1) is 12.0. The van der Waals surface area contributed by atoms with Gasteiger partial charge in [-0.25, -0.2) is 9.48 Å². The zero-order chi connectivity index (χ0) is 13.1. The fraction of sp³-hybridized carbons (Fsp3) is 0.167. The number of nitrogens with two attached hydrogens (primary N) is 1. The van der Waals surface area contributed by atoms with Gasteiger partial charge in [-0.2, -0.15) is 5.10 Å². The molecule has 94 valence electrons. The molecule has 1 heterocycles. The molecule has 0 aliphatic heterocycles. The van der Waals surface area contributed by atoms with E-state index in [9.17, 15) is 4.79 Å². The summed E-state index contributed by atoms with van der Waals surface area (Å²) in [6.07, 6.45) is 1.38. The van der Waals surface area contributed by atoms with E-state index in [0.717, 1.165) is 0 Å². The molecule has 0 radical (unpaired) electrons. The lowest BCUT2D eigenvalue weighted by atomic mass is 10.3. The van der Waals surface area contributed by atoms with Gasteiger partial charge < -0.3 is 15.6 Å². The molecule has 2 rings (SSSR count). The number of hydrogen-bond donors (Lipinski definition) is 2. The lowest BCUT2D eigenvalue weighted by Crippen LogP contribution is -2.11. The van der Waals surface area contributed by atoms with Crippen LogP contribution in [0.2, 0.25) is 0 Å². The number of ether oxygens (including phenoxy) is 1. The second-order valence-corrected chi connectivity index (χ2v) is 3.64. The highest BCUT2D eigenvalue weighted by atomic mass is 16.5. The number of phenols is 1. The summed E-state index contributed by atoms with van der Waals surface area (Å²) >= 11 is 0. The van der Waals surface area contributed by atoms with Crippen molar-refractivity contribution in [3.8, 4) is 11.5 Å². The number of nitrogen functional groups attached to an aromatic ring is 1. The van der Waals surface area contributed by atoms with Gasteiger partial charge in [0.15, 0.2) is 0 Å². The average Bonchev–Trinajstić information content (AvgIpc) is 2.73. The van der Waals surface area contributed by atoms with Crippen LogP contribution in [0, 0.1) is 0 Å². The summed E-state index contributed by atoms with van der Waals surface area (Å²) in [5, 5.41) is 13.1. The topological polar surface area (TPSA) is 90.4 Å². The Morgan fingerprint density at radius 3 is 2.67 bits per heavy atom. The van der Waals surface area contributed by atoms with Gasteiger partial charge in [-0.3, -0.25) is 0 Å². The number of hydrogen-bond acceptors (Lipinski definition) is 5. The van der Waals surface area contributed by atoms with E-state index in [2.05, 4.69) is 5.10 Å². The van der Waals surface area contributed by atoms with Crippen molar-refractivity contribution >= 4 is 11.8 Å². The predicted octanol–water partition coefficient (Wildman–Crippen LogP) is 1.41. The number of benzene rings is 1. The van der Waals surface area contributed by atoms with Gasteiger partial charge in [-0.05, 0) is 31.2 Å². The quantitative estimate of drug-likeness (QED) is 0.632. The third-order valence-electron chi connectivity index (χ3n) is 2.45. The third-order valence-corrected chi connectivity index (χ3v) is 2.45. The lowest BCUT2D eigenvalue weighted by molar-refractivity contribution is 0.0735. The molecule has 1 aromatic carbocycles. The maximum Gasteiger partial charge on any atom is 0.348 e. The van der Waals surface area contributed by atoms with Crippen LogP contribution in [0.15, 0.2) is 30.5 Å². The standard InChI is InChI=1S/C12H13N3O3/c1-2-15-11(13)10(7-14-15)12(17)18-9-5-3-8(16)4-6-9/h3-7,16H,2,13H2,1H3. The van der Waals surface area contributed by atoms with Gasteiger partial charge in [0.2, 0.25) is 0 Å².